The van der Waals surface area contributed by atoms with E-state index in [0.29, 0.717) is 6.04 Å². The van der Waals surface area contributed by atoms with E-state index in [1.54, 1.807) is 5.57 Å². The van der Waals surface area contributed by atoms with Gasteiger partial charge in [-0.1, -0.05) is 43.8 Å². The van der Waals surface area contributed by atoms with E-state index in [1.807, 2.05) is 0 Å². The summed E-state index contributed by atoms with van der Waals surface area (Å²) in [5, 5.41) is 3.62. The summed E-state index contributed by atoms with van der Waals surface area (Å²) in [5.41, 5.74) is 1.69. The van der Waals surface area contributed by atoms with Crippen LogP contribution in [0.5, 0.6) is 0 Å². The Balaban J connectivity index is 2.17. The number of ether oxygens (including phenoxy) is 1. The summed E-state index contributed by atoms with van der Waals surface area (Å²) < 4.78 is 6.35. The molecule has 0 radical (unpaired) electrons. The molecule has 20 heavy (non-hydrogen) atoms. The van der Waals surface area contributed by atoms with Crippen LogP contribution in [0.2, 0.25) is 0 Å². The van der Waals surface area contributed by atoms with Crippen molar-refractivity contribution in [2.75, 3.05) is 13.7 Å². The first-order valence-electron chi connectivity index (χ1n) is 8.82. The van der Waals surface area contributed by atoms with E-state index in [0.717, 1.165) is 6.61 Å². The predicted octanol–water partition coefficient (Wildman–Crippen LogP) is 4.59. The van der Waals surface area contributed by atoms with Crippen molar-refractivity contribution in [1.29, 1.82) is 0 Å². The Hall–Kier alpha value is -0.340. The average molecular weight is 279 g/mol. The van der Waals surface area contributed by atoms with Crippen LogP contribution in [0.25, 0.3) is 0 Å². The van der Waals surface area contributed by atoms with Crippen molar-refractivity contribution in [2.45, 2.75) is 89.2 Å². The Bertz CT molecular complexity index is 299. The van der Waals surface area contributed by atoms with Crippen LogP contribution in [-0.2, 0) is 4.74 Å². The Kier molecular flexibility index (Phi) is 6.57. The van der Waals surface area contributed by atoms with E-state index in [1.165, 1.54) is 70.6 Å². The maximum Gasteiger partial charge on any atom is 0.0872 e. The zero-order chi connectivity index (χ0) is 14.3. The monoisotopic (exact) mass is 279 g/mol. The molecule has 2 rings (SSSR count). The third-order valence-corrected chi connectivity index (χ3v) is 5.14. The number of hydrogen-bond acceptors (Lipinski definition) is 2. The SMILES string of the molecule is CCOC1(C(NC)C2=CCCCCCC2)CCCCC1. The smallest absolute Gasteiger partial charge is 0.0872 e. The fraction of sp³-hybridized carbons (Fsp3) is 0.889. The highest BCUT2D eigenvalue weighted by molar-refractivity contribution is 5.19. The highest BCUT2D eigenvalue weighted by Gasteiger charge is 2.41. The maximum atomic E-state index is 6.35. The van der Waals surface area contributed by atoms with Gasteiger partial charge in [0.2, 0.25) is 0 Å². The summed E-state index contributed by atoms with van der Waals surface area (Å²) in [6, 6.07) is 0.431. The zero-order valence-corrected chi connectivity index (χ0v) is 13.5. The number of allylic oxidation sites excluding steroid dienone is 1. The third-order valence-electron chi connectivity index (χ3n) is 5.14. The molecule has 2 heteroatoms. The van der Waals surface area contributed by atoms with Gasteiger partial charge in [0, 0.05) is 6.61 Å². The summed E-state index contributed by atoms with van der Waals surface area (Å²) in [6.07, 6.45) is 17.0. The van der Waals surface area contributed by atoms with Crippen molar-refractivity contribution in [3.05, 3.63) is 11.6 Å². The molecule has 0 aromatic carbocycles. The standard InChI is InChI=1S/C18H33NO/c1-3-20-18(14-10-7-11-15-18)17(19-2)16-12-8-5-4-6-9-13-16/h12,17,19H,3-11,13-15H2,1-2H3. The number of rotatable bonds is 5. The van der Waals surface area contributed by atoms with E-state index in [9.17, 15) is 0 Å². The van der Waals surface area contributed by atoms with Crippen LogP contribution < -0.4 is 5.32 Å². The van der Waals surface area contributed by atoms with Crippen molar-refractivity contribution in [1.82, 2.24) is 5.32 Å². The second-order valence-electron chi connectivity index (χ2n) is 6.51. The lowest BCUT2D eigenvalue weighted by Crippen LogP contribution is -2.53. The Morgan fingerprint density at radius 3 is 2.50 bits per heavy atom. The Labute approximate surface area is 125 Å². The summed E-state index contributed by atoms with van der Waals surface area (Å²) in [7, 11) is 2.12. The van der Waals surface area contributed by atoms with E-state index < -0.39 is 0 Å². The molecule has 0 aromatic rings. The van der Waals surface area contributed by atoms with Crippen LogP contribution >= 0.6 is 0 Å². The molecule has 2 aliphatic carbocycles. The minimum Gasteiger partial charge on any atom is -0.373 e. The molecule has 0 spiro atoms. The molecule has 2 nitrogen and oxygen atoms in total. The first kappa shape index (κ1) is 16.0. The van der Waals surface area contributed by atoms with E-state index in [-0.39, 0.29) is 5.60 Å². The first-order valence-corrected chi connectivity index (χ1v) is 8.82. The fourth-order valence-corrected chi connectivity index (χ4v) is 4.22. The van der Waals surface area contributed by atoms with Crippen molar-refractivity contribution in [2.24, 2.45) is 0 Å². The third kappa shape index (κ3) is 3.85. The van der Waals surface area contributed by atoms with Crippen LogP contribution in [0.1, 0.15) is 77.6 Å². The van der Waals surface area contributed by atoms with E-state index in [2.05, 4.69) is 25.4 Å². The molecule has 0 aromatic heterocycles. The van der Waals surface area contributed by atoms with Gasteiger partial charge in [-0.15, -0.1) is 0 Å². The quantitative estimate of drug-likeness (QED) is 0.743. The molecule has 116 valence electrons. The van der Waals surface area contributed by atoms with Crippen LogP contribution in [0, 0.1) is 0 Å². The normalized spacial score (nSPS) is 25.4. The van der Waals surface area contributed by atoms with E-state index >= 15 is 0 Å². The largest absolute Gasteiger partial charge is 0.373 e. The highest BCUT2D eigenvalue weighted by Crippen LogP contribution is 2.38. The minimum atomic E-state index is 0.0623. The molecule has 0 aliphatic heterocycles. The van der Waals surface area contributed by atoms with Gasteiger partial charge in [0.05, 0.1) is 11.6 Å². The Morgan fingerprint density at radius 1 is 1.10 bits per heavy atom. The summed E-state index contributed by atoms with van der Waals surface area (Å²) >= 11 is 0. The molecule has 1 N–H and O–H groups in total. The number of hydrogen-bond donors (Lipinski definition) is 1. The maximum absolute atomic E-state index is 6.35. The molecule has 0 bridgehead atoms. The Morgan fingerprint density at radius 2 is 1.80 bits per heavy atom. The first-order chi connectivity index (χ1) is 9.82. The van der Waals surface area contributed by atoms with Gasteiger partial charge in [-0.25, -0.2) is 0 Å². The molecular formula is C18H33NO. The molecule has 1 atom stereocenters. The van der Waals surface area contributed by atoms with Crippen molar-refractivity contribution in [3.8, 4) is 0 Å². The molecular weight excluding hydrogens is 246 g/mol. The van der Waals surface area contributed by atoms with Gasteiger partial charge in [-0.2, -0.15) is 0 Å². The van der Waals surface area contributed by atoms with Crippen LogP contribution in [0.3, 0.4) is 0 Å². The second-order valence-corrected chi connectivity index (χ2v) is 6.51. The topological polar surface area (TPSA) is 21.3 Å². The van der Waals surface area contributed by atoms with E-state index in [4.69, 9.17) is 4.74 Å². The summed E-state index contributed by atoms with van der Waals surface area (Å²) in [5.74, 6) is 0. The van der Waals surface area contributed by atoms with Gasteiger partial charge in [0.15, 0.2) is 0 Å². The van der Waals surface area contributed by atoms with Crippen molar-refractivity contribution in [3.63, 3.8) is 0 Å². The highest BCUT2D eigenvalue weighted by atomic mass is 16.5. The molecule has 1 saturated carbocycles. The lowest BCUT2D eigenvalue weighted by Gasteiger charge is -2.44. The molecule has 2 aliphatic rings. The molecule has 1 fully saturated rings. The zero-order valence-electron chi connectivity index (χ0n) is 13.5. The summed E-state index contributed by atoms with van der Waals surface area (Å²) in [4.78, 5) is 0. The molecule has 0 heterocycles. The van der Waals surface area contributed by atoms with Crippen LogP contribution in [0.15, 0.2) is 11.6 Å². The van der Waals surface area contributed by atoms with Crippen molar-refractivity contribution < 1.29 is 4.74 Å². The van der Waals surface area contributed by atoms with Gasteiger partial charge >= 0.3 is 0 Å². The van der Waals surface area contributed by atoms with Crippen molar-refractivity contribution >= 4 is 0 Å². The predicted molar refractivity (Wildman–Crippen MR) is 86.1 cm³/mol. The lowest BCUT2D eigenvalue weighted by molar-refractivity contribution is -0.0813. The number of likely N-dealkylation sites (N-methyl/N-ethyl adjacent to an activating group) is 1. The van der Waals surface area contributed by atoms with Crippen LogP contribution in [0.4, 0.5) is 0 Å². The van der Waals surface area contributed by atoms with Gasteiger partial charge in [0.25, 0.3) is 0 Å². The van der Waals surface area contributed by atoms with Gasteiger partial charge in [-0.3, -0.25) is 0 Å². The van der Waals surface area contributed by atoms with Gasteiger partial charge < -0.3 is 10.1 Å². The van der Waals surface area contributed by atoms with Gasteiger partial charge in [-0.05, 0) is 52.5 Å². The minimum absolute atomic E-state index is 0.0623. The fourth-order valence-electron chi connectivity index (χ4n) is 4.22. The van der Waals surface area contributed by atoms with Gasteiger partial charge in [0.1, 0.15) is 0 Å². The number of nitrogens with one attached hydrogen (secondary N) is 1. The molecule has 0 amide bonds. The van der Waals surface area contributed by atoms with Crippen LogP contribution in [-0.4, -0.2) is 25.3 Å². The second kappa shape index (κ2) is 8.19. The lowest BCUT2D eigenvalue weighted by atomic mass is 9.75. The average Bonchev–Trinajstić information content (AvgIpc) is 2.43. The molecule has 0 saturated heterocycles. The summed E-state index contributed by atoms with van der Waals surface area (Å²) in [6.45, 7) is 2.99. The molecule has 1 unspecified atom stereocenters.